The lowest BCUT2D eigenvalue weighted by atomic mass is 10.2. The standard InChI is InChI=1S/C22H14Cl2N2O2/c23-15-8-7-14(18(24)12-15)4-3-11-25-16-9-10-17(20(27)13-16)22-26-19-5-1-2-6-21(19)28-22/h1-13,27H. The minimum Gasteiger partial charge on any atom is -0.507 e. The van der Waals surface area contributed by atoms with E-state index in [1.807, 2.05) is 36.4 Å². The van der Waals surface area contributed by atoms with Gasteiger partial charge in [0.25, 0.3) is 0 Å². The van der Waals surface area contributed by atoms with Gasteiger partial charge in [-0.2, -0.15) is 0 Å². The number of para-hydroxylation sites is 2. The summed E-state index contributed by atoms with van der Waals surface area (Å²) in [5.74, 6) is 0.414. The molecule has 0 bridgehead atoms. The molecule has 3 aromatic carbocycles. The van der Waals surface area contributed by atoms with Crippen LogP contribution >= 0.6 is 23.2 Å². The molecule has 1 N–H and O–H groups in total. The van der Waals surface area contributed by atoms with E-state index in [1.54, 1.807) is 42.6 Å². The third-order valence-corrected chi connectivity index (χ3v) is 4.62. The van der Waals surface area contributed by atoms with Crippen LogP contribution in [-0.2, 0) is 0 Å². The lowest BCUT2D eigenvalue weighted by Gasteiger charge is -2.01. The van der Waals surface area contributed by atoms with Gasteiger partial charge in [-0.1, -0.05) is 47.5 Å². The van der Waals surface area contributed by atoms with E-state index in [0.29, 0.717) is 32.8 Å². The van der Waals surface area contributed by atoms with Gasteiger partial charge < -0.3 is 9.52 Å². The molecule has 0 saturated carbocycles. The summed E-state index contributed by atoms with van der Waals surface area (Å²) in [6.07, 6.45) is 5.22. The van der Waals surface area contributed by atoms with Crippen molar-refractivity contribution in [3.05, 3.63) is 82.3 Å². The summed E-state index contributed by atoms with van der Waals surface area (Å²) in [4.78, 5) is 8.71. The first-order chi connectivity index (χ1) is 13.6. The number of hydrogen-bond donors (Lipinski definition) is 1. The Labute approximate surface area is 171 Å². The number of nitrogens with zero attached hydrogens (tertiary/aromatic N) is 2. The number of hydrogen-bond acceptors (Lipinski definition) is 4. The van der Waals surface area contributed by atoms with Crippen molar-refractivity contribution >= 4 is 52.3 Å². The molecule has 4 rings (SSSR count). The van der Waals surface area contributed by atoms with Crippen molar-refractivity contribution in [1.29, 1.82) is 0 Å². The van der Waals surface area contributed by atoms with E-state index in [2.05, 4.69) is 9.98 Å². The van der Waals surface area contributed by atoms with Crippen LogP contribution in [0.5, 0.6) is 5.75 Å². The van der Waals surface area contributed by atoms with Gasteiger partial charge in [-0.05, 0) is 48.0 Å². The fraction of sp³-hybridized carbons (Fsp3) is 0. The number of fused-ring (bicyclic) bond motifs is 1. The predicted octanol–water partition coefficient (Wildman–Crippen LogP) is 6.92. The second kappa shape index (κ2) is 7.89. The molecule has 0 atom stereocenters. The first kappa shape index (κ1) is 18.3. The highest BCUT2D eigenvalue weighted by atomic mass is 35.5. The summed E-state index contributed by atoms with van der Waals surface area (Å²) in [6.45, 7) is 0. The third-order valence-electron chi connectivity index (χ3n) is 4.05. The van der Waals surface area contributed by atoms with Crippen LogP contribution in [0.25, 0.3) is 28.6 Å². The van der Waals surface area contributed by atoms with Crippen molar-refractivity contribution in [1.82, 2.24) is 4.98 Å². The van der Waals surface area contributed by atoms with Gasteiger partial charge >= 0.3 is 0 Å². The van der Waals surface area contributed by atoms with Crippen LogP contribution in [0.4, 0.5) is 5.69 Å². The molecular weight excluding hydrogens is 395 g/mol. The number of oxazole rings is 1. The van der Waals surface area contributed by atoms with Gasteiger partial charge in [0.2, 0.25) is 5.89 Å². The number of phenols is 1. The molecule has 0 aliphatic rings. The number of rotatable bonds is 4. The molecule has 0 amide bonds. The van der Waals surface area contributed by atoms with E-state index in [-0.39, 0.29) is 5.75 Å². The Hall–Kier alpha value is -3.08. The van der Waals surface area contributed by atoms with Crippen molar-refractivity contribution in [2.75, 3.05) is 0 Å². The average molecular weight is 409 g/mol. The molecule has 28 heavy (non-hydrogen) atoms. The number of benzene rings is 3. The molecule has 0 spiro atoms. The predicted molar refractivity (Wildman–Crippen MR) is 115 cm³/mol. The lowest BCUT2D eigenvalue weighted by molar-refractivity contribution is 0.474. The highest BCUT2D eigenvalue weighted by Crippen LogP contribution is 2.33. The van der Waals surface area contributed by atoms with Crippen LogP contribution in [0.15, 0.2) is 76.1 Å². The first-order valence-corrected chi connectivity index (χ1v) is 9.20. The van der Waals surface area contributed by atoms with Crippen LogP contribution in [-0.4, -0.2) is 16.3 Å². The SMILES string of the molecule is Oc1cc(N=CC=Cc2ccc(Cl)cc2Cl)ccc1-c1nc2ccccc2o1. The topological polar surface area (TPSA) is 58.6 Å². The van der Waals surface area contributed by atoms with Crippen molar-refractivity contribution < 1.29 is 9.52 Å². The monoisotopic (exact) mass is 408 g/mol. The molecule has 4 aromatic rings. The summed E-state index contributed by atoms with van der Waals surface area (Å²) in [7, 11) is 0. The molecular formula is C22H14Cl2N2O2. The fourth-order valence-corrected chi connectivity index (χ4v) is 3.15. The fourth-order valence-electron chi connectivity index (χ4n) is 2.68. The van der Waals surface area contributed by atoms with E-state index in [0.717, 1.165) is 11.1 Å². The van der Waals surface area contributed by atoms with E-state index < -0.39 is 0 Å². The van der Waals surface area contributed by atoms with Gasteiger partial charge in [0.05, 0.1) is 11.3 Å². The number of aliphatic imine (C=N–C) groups is 1. The average Bonchev–Trinajstić information content (AvgIpc) is 3.10. The van der Waals surface area contributed by atoms with Crippen molar-refractivity contribution in [2.45, 2.75) is 0 Å². The van der Waals surface area contributed by atoms with Gasteiger partial charge in [-0.25, -0.2) is 4.98 Å². The maximum atomic E-state index is 10.3. The number of halogens is 2. The van der Waals surface area contributed by atoms with Crippen molar-refractivity contribution in [2.24, 2.45) is 4.99 Å². The summed E-state index contributed by atoms with van der Waals surface area (Å²) in [6, 6.07) is 17.8. The summed E-state index contributed by atoms with van der Waals surface area (Å²) in [5, 5.41) is 11.5. The molecule has 0 unspecified atom stereocenters. The maximum absolute atomic E-state index is 10.3. The third kappa shape index (κ3) is 3.93. The van der Waals surface area contributed by atoms with E-state index in [4.69, 9.17) is 27.6 Å². The van der Waals surface area contributed by atoms with Crippen LogP contribution in [0.2, 0.25) is 10.0 Å². The number of phenolic OH excluding ortho intramolecular Hbond substituents is 1. The van der Waals surface area contributed by atoms with Gasteiger partial charge in [-0.3, -0.25) is 4.99 Å². The maximum Gasteiger partial charge on any atom is 0.231 e. The highest BCUT2D eigenvalue weighted by Gasteiger charge is 2.12. The Morgan fingerprint density at radius 3 is 2.64 bits per heavy atom. The summed E-state index contributed by atoms with van der Waals surface area (Å²) >= 11 is 12.0. The van der Waals surface area contributed by atoms with Crippen LogP contribution in [0.1, 0.15) is 5.56 Å². The van der Waals surface area contributed by atoms with Gasteiger partial charge in [-0.15, -0.1) is 0 Å². The second-order valence-electron chi connectivity index (χ2n) is 5.99. The second-order valence-corrected chi connectivity index (χ2v) is 6.83. The van der Waals surface area contributed by atoms with Gasteiger partial charge in [0.15, 0.2) is 5.58 Å². The quantitative estimate of drug-likeness (QED) is 0.372. The Bertz CT molecular complexity index is 1180. The van der Waals surface area contributed by atoms with Crippen LogP contribution < -0.4 is 0 Å². The Kier molecular flexibility index (Phi) is 5.15. The van der Waals surface area contributed by atoms with Crippen LogP contribution in [0, 0.1) is 0 Å². The highest BCUT2D eigenvalue weighted by molar-refractivity contribution is 6.35. The molecule has 1 aromatic heterocycles. The first-order valence-electron chi connectivity index (χ1n) is 8.45. The lowest BCUT2D eigenvalue weighted by Crippen LogP contribution is -1.79. The molecule has 0 aliphatic carbocycles. The van der Waals surface area contributed by atoms with Gasteiger partial charge in [0.1, 0.15) is 11.3 Å². The van der Waals surface area contributed by atoms with Crippen LogP contribution in [0.3, 0.4) is 0 Å². The van der Waals surface area contributed by atoms with E-state index in [1.165, 1.54) is 0 Å². The number of allylic oxidation sites excluding steroid dienone is 1. The molecule has 0 radical (unpaired) electrons. The van der Waals surface area contributed by atoms with Gasteiger partial charge in [0, 0.05) is 22.3 Å². The van der Waals surface area contributed by atoms with Crippen molar-refractivity contribution in [3.8, 4) is 17.2 Å². The number of aromatic nitrogens is 1. The zero-order chi connectivity index (χ0) is 19.5. The Morgan fingerprint density at radius 2 is 1.86 bits per heavy atom. The zero-order valence-electron chi connectivity index (χ0n) is 14.5. The Morgan fingerprint density at radius 1 is 1.00 bits per heavy atom. The van der Waals surface area contributed by atoms with E-state index >= 15 is 0 Å². The smallest absolute Gasteiger partial charge is 0.231 e. The molecule has 4 nitrogen and oxygen atoms in total. The largest absolute Gasteiger partial charge is 0.507 e. The normalized spacial score (nSPS) is 11.8. The summed E-state index contributed by atoms with van der Waals surface area (Å²) in [5.41, 5.74) is 3.37. The molecule has 0 fully saturated rings. The minimum absolute atomic E-state index is 0.0472. The minimum atomic E-state index is 0.0472. The van der Waals surface area contributed by atoms with Crippen molar-refractivity contribution in [3.63, 3.8) is 0 Å². The van der Waals surface area contributed by atoms with E-state index in [9.17, 15) is 5.11 Å². The number of aromatic hydroxyl groups is 1. The molecule has 0 aliphatic heterocycles. The summed E-state index contributed by atoms with van der Waals surface area (Å²) < 4.78 is 5.70. The molecule has 6 heteroatoms. The molecule has 0 saturated heterocycles. The Balaban J connectivity index is 1.52. The zero-order valence-corrected chi connectivity index (χ0v) is 16.0. The molecule has 138 valence electrons. The molecule has 1 heterocycles.